The minimum absolute atomic E-state index is 0.319. The van der Waals surface area contributed by atoms with E-state index in [-0.39, 0.29) is 0 Å². The summed E-state index contributed by atoms with van der Waals surface area (Å²) in [6.07, 6.45) is 1.57. The van der Waals surface area contributed by atoms with Crippen LogP contribution < -0.4 is 10.4 Å². The highest BCUT2D eigenvalue weighted by Crippen LogP contribution is 2.49. The van der Waals surface area contributed by atoms with Crippen molar-refractivity contribution in [3.8, 4) is 23.0 Å². The molecule has 1 aliphatic heterocycles. The SMILES string of the molecule is Cc1nc2ccccc2nc1C1c2c(c3ccccc3oc2=O)Oc2ncn3nc(-c4ccccc4Br)nc3c21. The van der Waals surface area contributed by atoms with Crippen molar-refractivity contribution in [2.24, 2.45) is 0 Å². The van der Waals surface area contributed by atoms with Crippen LogP contribution in [0.3, 0.4) is 0 Å². The van der Waals surface area contributed by atoms with E-state index >= 15 is 0 Å². The number of nitrogens with zero attached hydrogens (tertiary/aromatic N) is 6. The number of hydrogen-bond acceptors (Lipinski definition) is 8. The van der Waals surface area contributed by atoms with Crippen molar-refractivity contribution in [2.75, 3.05) is 0 Å². The molecule has 9 nitrogen and oxygen atoms in total. The highest BCUT2D eigenvalue weighted by atomic mass is 79.9. The summed E-state index contributed by atoms with van der Waals surface area (Å²) in [6.45, 7) is 1.89. The summed E-state index contributed by atoms with van der Waals surface area (Å²) in [7, 11) is 0. The highest BCUT2D eigenvalue weighted by molar-refractivity contribution is 9.10. The van der Waals surface area contributed by atoms with Crippen molar-refractivity contribution in [3.05, 3.63) is 117 Å². The molecule has 5 heterocycles. The number of fused-ring (bicyclic) bond motifs is 7. The predicted molar refractivity (Wildman–Crippen MR) is 152 cm³/mol. The van der Waals surface area contributed by atoms with Crippen LogP contribution in [-0.4, -0.2) is 29.5 Å². The summed E-state index contributed by atoms with van der Waals surface area (Å²) >= 11 is 3.60. The molecule has 192 valence electrons. The third kappa shape index (κ3) is 3.32. The lowest BCUT2D eigenvalue weighted by atomic mass is 9.86. The van der Waals surface area contributed by atoms with Gasteiger partial charge in [-0.15, -0.1) is 5.10 Å². The number of aryl methyl sites for hydroxylation is 1. The molecule has 7 aromatic rings. The van der Waals surface area contributed by atoms with E-state index in [2.05, 4.69) is 20.9 Å². The first-order chi connectivity index (χ1) is 19.6. The first-order valence-corrected chi connectivity index (χ1v) is 13.3. The average Bonchev–Trinajstić information content (AvgIpc) is 3.40. The quantitative estimate of drug-likeness (QED) is 0.220. The van der Waals surface area contributed by atoms with E-state index in [1.165, 1.54) is 0 Å². The fourth-order valence-electron chi connectivity index (χ4n) is 5.33. The van der Waals surface area contributed by atoms with E-state index in [1.54, 1.807) is 16.9 Å². The molecule has 1 atom stereocenters. The summed E-state index contributed by atoms with van der Waals surface area (Å²) in [5.74, 6) is 0.491. The molecule has 0 saturated heterocycles. The van der Waals surface area contributed by atoms with Gasteiger partial charge in [0.15, 0.2) is 17.2 Å². The molecule has 3 aromatic carbocycles. The average molecular weight is 589 g/mol. The fraction of sp³-hybridized carbons (Fsp3) is 0.0667. The van der Waals surface area contributed by atoms with Crippen LogP contribution in [0.5, 0.6) is 11.6 Å². The van der Waals surface area contributed by atoms with Gasteiger partial charge in [-0.3, -0.25) is 0 Å². The zero-order valence-electron chi connectivity index (χ0n) is 20.9. The number of aromatic nitrogens is 6. The van der Waals surface area contributed by atoms with E-state index in [1.807, 2.05) is 73.7 Å². The van der Waals surface area contributed by atoms with Gasteiger partial charge in [0.05, 0.1) is 44.9 Å². The Hall–Kier alpha value is -4.96. The molecule has 0 N–H and O–H groups in total. The van der Waals surface area contributed by atoms with E-state index in [9.17, 15) is 4.79 Å². The van der Waals surface area contributed by atoms with Crippen LogP contribution in [-0.2, 0) is 0 Å². The van der Waals surface area contributed by atoms with Crippen molar-refractivity contribution < 1.29 is 9.15 Å². The Morgan fingerprint density at radius 1 is 0.875 bits per heavy atom. The van der Waals surface area contributed by atoms with Crippen LogP contribution in [0.25, 0.3) is 39.0 Å². The van der Waals surface area contributed by atoms with Gasteiger partial charge < -0.3 is 9.15 Å². The van der Waals surface area contributed by atoms with Crippen molar-refractivity contribution in [3.63, 3.8) is 0 Å². The Labute approximate surface area is 234 Å². The molecule has 0 aliphatic carbocycles. The van der Waals surface area contributed by atoms with Crippen molar-refractivity contribution in [1.29, 1.82) is 0 Å². The number of para-hydroxylation sites is 3. The van der Waals surface area contributed by atoms with Crippen LogP contribution in [0.1, 0.15) is 28.4 Å². The monoisotopic (exact) mass is 588 g/mol. The van der Waals surface area contributed by atoms with Gasteiger partial charge in [-0.1, -0.05) is 52.3 Å². The predicted octanol–water partition coefficient (Wildman–Crippen LogP) is 6.20. The molecule has 4 aromatic heterocycles. The third-order valence-electron chi connectivity index (χ3n) is 7.13. The molecule has 0 fully saturated rings. The van der Waals surface area contributed by atoms with Gasteiger partial charge in [-0.2, -0.15) is 0 Å². The molecule has 1 aliphatic rings. The maximum Gasteiger partial charge on any atom is 0.344 e. The molecule has 0 saturated carbocycles. The van der Waals surface area contributed by atoms with Crippen LogP contribution in [0.2, 0.25) is 0 Å². The van der Waals surface area contributed by atoms with E-state index in [0.717, 1.165) is 15.6 Å². The first-order valence-electron chi connectivity index (χ1n) is 12.5. The van der Waals surface area contributed by atoms with Gasteiger partial charge in [-0.25, -0.2) is 29.2 Å². The lowest BCUT2D eigenvalue weighted by Crippen LogP contribution is -2.24. The summed E-state index contributed by atoms with van der Waals surface area (Å²) in [4.78, 5) is 33.1. The van der Waals surface area contributed by atoms with E-state index < -0.39 is 11.5 Å². The molecule has 1 unspecified atom stereocenters. The van der Waals surface area contributed by atoms with Crippen molar-refractivity contribution >= 4 is 43.6 Å². The highest BCUT2D eigenvalue weighted by Gasteiger charge is 2.39. The summed E-state index contributed by atoms with van der Waals surface area (Å²) in [6, 6.07) is 22.6. The van der Waals surface area contributed by atoms with Crippen molar-refractivity contribution in [2.45, 2.75) is 12.8 Å². The zero-order chi connectivity index (χ0) is 27.0. The summed E-state index contributed by atoms with van der Waals surface area (Å²) in [5, 5.41) is 5.36. The van der Waals surface area contributed by atoms with E-state index in [0.29, 0.717) is 62.1 Å². The molecule has 0 bridgehead atoms. The number of ether oxygens (including phenoxy) is 1. The maximum absolute atomic E-state index is 13.7. The number of benzene rings is 3. The Bertz CT molecular complexity index is 2220. The van der Waals surface area contributed by atoms with Gasteiger partial charge in [0, 0.05) is 10.0 Å². The Balaban J connectivity index is 1.48. The van der Waals surface area contributed by atoms with Crippen LogP contribution in [0.4, 0.5) is 0 Å². The topological polar surface area (TPSA) is 108 Å². The van der Waals surface area contributed by atoms with Gasteiger partial charge in [0.1, 0.15) is 11.9 Å². The molecule has 0 radical (unpaired) electrons. The smallest absolute Gasteiger partial charge is 0.344 e. The lowest BCUT2D eigenvalue weighted by molar-refractivity contribution is 0.421. The fourth-order valence-corrected chi connectivity index (χ4v) is 5.80. The second-order valence-corrected chi connectivity index (χ2v) is 10.3. The molecule has 10 heteroatoms. The second-order valence-electron chi connectivity index (χ2n) is 9.49. The van der Waals surface area contributed by atoms with Gasteiger partial charge in [-0.05, 0) is 43.3 Å². The largest absolute Gasteiger partial charge is 0.437 e. The minimum atomic E-state index is -0.718. The number of halogens is 1. The van der Waals surface area contributed by atoms with Crippen LogP contribution >= 0.6 is 15.9 Å². The van der Waals surface area contributed by atoms with Crippen LogP contribution in [0.15, 0.2) is 92.8 Å². The second kappa shape index (κ2) is 8.52. The first kappa shape index (κ1) is 23.0. The molecule has 8 rings (SSSR count). The standard InChI is InChI=1S/C30H17BrN6O3/c1-15-25(34-20-12-6-5-11-19(20)33-15)22-23-26(17-9-3-7-13-21(17)39-30(23)38)40-29-24(22)28-35-27(36-37(28)14-32-29)16-8-2-4-10-18(16)31/h2-14,22H,1H3. The number of hydrogen-bond donors (Lipinski definition) is 0. The van der Waals surface area contributed by atoms with Gasteiger partial charge >= 0.3 is 5.63 Å². The number of rotatable bonds is 2. The normalized spacial score (nSPS) is 14.3. The van der Waals surface area contributed by atoms with Crippen LogP contribution in [0, 0.1) is 6.92 Å². The summed E-state index contributed by atoms with van der Waals surface area (Å²) < 4.78 is 14.6. The molecule has 0 spiro atoms. The minimum Gasteiger partial charge on any atom is -0.437 e. The Morgan fingerprint density at radius 2 is 1.62 bits per heavy atom. The third-order valence-corrected chi connectivity index (χ3v) is 7.82. The van der Waals surface area contributed by atoms with E-state index in [4.69, 9.17) is 29.2 Å². The maximum atomic E-state index is 13.7. The Kier molecular flexibility index (Phi) is 4.89. The zero-order valence-corrected chi connectivity index (χ0v) is 22.5. The lowest BCUT2D eigenvalue weighted by Gasteiger charge is -2.27. The van der Waals surface area contributed by atoms with Gasteiger partial charge in [0.2, 0.25) is 5.88 Å². The molecule has 40 heavy (non-hydrogen) atoms. The molecule has 0 amide bonds. The van der Waals surface area contributed by atoms with Gasteiger partial charge in [0.25, 0.3) is 0 Å². The summed E-state index contributed by atoms with van der Waals surface area (Å²) in [5.41, 5.74) is 4.83. The molecular formula is C30H17BrN6O3. The van der Waals surface area contributed by atoms with Crippen molar-refractivity contribution in [1.82, 2.24) is 29.5 Å². The Morgan fingerprint density at radius 3 is 2.48 bits per heavy atom. The molecular weight excluding hydrogens is 572 g/mol.